The molecule has 110 valence electrons. The number of hydrogen-bond donors (Lipinski definition) is 0. The van der Waals surface area contributed by atoms with Crippen molar-refractivity contribution in [2.24, 2.45) is 5.92 Å². The molecule has 1 aliphatic heterocycles. The Morgan fingerprint density at radius 3 is 2.50 bits per heavy atom. The molecule has 1 fully saturated rings. The standard InChI is InChI=1S/C17H25NO2/c1-14(2)20-17(19)12-15-8-10-18(11-9-15)13-16-6-4-3-5-7-16/h3-7,14-15H,8-13H2,1-2H3. The molecule has 0 atom stereocenters. The fourth-order valence-electron chi connectivity index (χ4n) is 2.74. The lowest BCUT2D eigenvalue weighted by molar-refractivity contribution is -0.148. The maximum Gasteiger partial charge on any atom is 0.306 e. The lowest BCUT2D eigenvalue weighted by atomic mass is 9.93. The summed E-state index contributed by atoms with van der Waals surface area (Å²) in [4.78, 5) is 14.1. The third-order valence-electron chi connectivity index (χ3n) is 3.78. The Kier molecular flexibility index (Phi) is 5.60. The van der Waals surface area contributed by atoms with Crippen molar-refractivity contribution in [1.29, 1.82) is 0 Å². The van der Waals surface area contributed by atoms with Crippen LogP contribution in [0.2, 0.25) is 0 Å². The number of rotatable bonds is 5. The third-order valence-corrected chi connectivity index (χ3v) is 3.78. The number of ether oxygens (including phenoxy) is 1. The van der Waals surface area contributed by atoms with Gasteiger partial charge in [-0.2, -0.15) is 0 Å². The topological polar surface area (TPSA) is 29.5 Å². The van der Waals surface area contributed by atoms with Gasteiger partial charge in [-0.25, -0.2) is 0 Å². The molecule has 0 spiro atoms. The number of nitrogens with zero attached hydrogens (tertiary/aromatic N) is 1. The van der Waals surface area contributed by atoms with Crippen LogP contribution in [0.4, 0.5) is 0 Å². The number of carbonyl (C=O) groups is 1. The van der Waals surface area contributed by atoms with Gasteiger partial charge in [-0.1, -0.05) is 30.3 Å². The average molecular weight is 275 g/mol. The Balaban J connectivity index is 1.71. The first kappa shape index (κ1) is 15.0. The van der Waals surface area contributed by atoms with Crippen molar-refractivity contribution in [3.63, 3.8) is 0 Å². The van der Waals surface area contributed by atoms with Crippen molar-refractivity contribution >= 4 is 5.97 Å². The molecule has 1 aliphatic rings. The van der Waals surface area contributed by atoms with Crippen LogP contribution in [0.15, 0.2) is 30.3 Å². The van der Waals surface area contributed by atoms with Gasteiger partial charge in [-0.3, -0.25) is 9.69 Å². The van der Waals surface area contributed by atoms with Crippen LogP contribution in [-0.4, -0.2) is 30.1 Å². The smallest absolute Gasteiger partial charge is 0.306 e. The third kappa shape index (κ3) is 4.97. The molecule has 3 heteroatoms. The van der Waals surface area contributed by atoms with Crippen molar-refractivity contribution in [2.75, 3.05) is 13.1 Å². The zero-order chi connectivity index (χ0) is 14.4. The van der Waals surface area contributed by atoms with Crippen molar-refractivity contribution in [3.8, 4) is 0 Å². The molecule has 0 N–H and O–H groups in total. The van der Waals surface area contributed by atoms with E-state index in [2.05, 4.69) is 35.2 Å². The first-order chi connectivity index (χ1) is 9.63. The predicted octanol–water partition coefficient (Wildman–Crippen LogP) is 3.24. The van der Waals surface area contributed by atoms with Crippen molar-refractivity contribution < 1.29 is 9.53 Å². The molecule has 1 saturated heterocycles. The lowest BCUT2D eigenvalue weighted by Crippen LogP contribution is -2.34. The van der Waals surface area contributed by atoms with E-state index in [1.54, 1.807) is 0 Å². The lowest BCUT2D eigenvalue weighted by Gasteiger charge is -2.31. The van der Waals surface area contributed by atoms with E-state index in [1.165, 1.54) is 5.56 Å². The first-order valence-electron chi connectivity index (χ1n) is 7.59. The van der Waals surface area contributed by atoms with Crippen molar-refractivity contribution in [2.45, 2.75) is 45.8 Å². The molecule has 3 nitrogen and oxygen atoms in total. The maximum atomic E-state index is 11.7. The van der Waals surface area contributed by atoms with Crippen LogP contribution < -0.4 is 0 Å². The summed E-state index contributed by atoms with van der Waals surface area (Å²) < 4.78 is 5.22. The maximum absolute atomic E-state index is 11.7. The SMILES string of the molecule is CC(C)OC(=O)CC1CCN(Cc2ccccc2)CC1. The van der Waals surface area contributed by atoms with Gasteiger partial charge in [0.15, 0.2) is 0 Å². The van der Waals surface area contributed by atoms with Gasteiger partial charge in [0.25, 0.3) is 0 Å². The molecule has 0 saturated carbocycles. The number of likely N-dealkylation sites (tertiary alicyclic amines) is 1. The summed E-state index contributed by atoms with van der Waals surface area (Å²) in [6, 6.07) is 10.6. The van der Waals surface area contributed by atoms with Gasteiger partial charge in [-0.05, 0) is 51.3 Å². The molecule has 1 heterocycles. The highest BCUT2D eigenvalue weighted by Crippen LogP contribution is 2.22. The highest BCUT2D eigenvalue weighted by atomic mass is 16.5. The van der Waals surface area contributed by atoms with Crippen LogP contribution >= 0.6 is 0 Å². The van der Waals surface area contributed by atoms with E-state index in [0.717, 1.165) is 32.5 Å². The second kappa shape index (κ2) is 7.44. The van der Waals surface area contributed by atoms with Crippen LogP contribution in [0.3, 0.4) is 0 Å². The molecular weight excluding hydrogens is 250 g/mol. The molecule has 1 aromatic rings. The van der Waals surface area contributed by atoms with Crippen molar-refractivity contribution in [3.05, 3.63) is 35.9 Å². The van der Waals surface area contributed by atoms with E-state index in [-0.39, 0.29) is 12.1 Å². The van der Waals surface area contributed by atoms with E-state index >= 15 is 0 Å². The Hall–Kier alpha value is -1.35. The Bertz CT molecular complexity index is 408. The molecule has 0 unspecified atom stereocenters. The number of hydrogen-bond acceptors (Lipinski definition) is 3. The molecule has 20 heavy (non-hydrogen) atoms. The second-order valence-electron chi connectivity index (χ2n) is 5.95. The summed E-state index contributed by atoms with van der Waals surface area (Å²) in [6.45, 7) is 6.98. The summed E-state index contributed by atoms with van der Waals surface area (Å²) in [5.74, 6) is 0.454. The fraction of sp³-hybridized carbons (Fsp3) is 0.588. The van der Waals surface area contributed by atoms with Gasteiger partial charge >= 0.3 is 5.97 Å². The molecule has 0 aliphatic carbocycles. The van der Waals surface area contributed by atoms with Gasteiger partial charge in [0, 0.05) is 13.0 Å². The Labute approximate surface area is 121 Å². The fourth-order valence-corrected chi connectivity index (χ4v) is 2.74. The van der Waals surface area contributed by atoms with Crippen LogP contribution in [0.25, 0.3) is 0 Å². The highest BCUT2D eigenvalue weighted by molar-refractivity contribution is 5.69. The number of carbonyl (C=O) groups excluding carboxylic acids is 1. The first-order valence-corrected chi connectivity index (χ1v) is 7.59. The quantitative estimate of drug-likeness (QED) is 0.773. The molecule has 2 rings (SSSR count). The molecule has 1 aromatic carbocycles. The minimum absolute atomic E-state index is 0.000620. The van der Waals surface area contributed by atoms with Gasteiger partial charge in [0.05, 0.1) is 6.10 Å². The normalized spacial score (nSPS) is 17.4. The van der Waals surface area contributed by atoms with Gasteiger partial charge in [0.2, 0.25) is 0 Å². The minimum atomic E-state index is -0.0403. The summed E-state index contributed by atoms with van der Waals surface area (Å²) >= 11 is 0. The summed E-state index contributed by atoms with van der Waals surface area (Å²) in [7, 11) is 0. The van der Waals surface area contributed by atoms with E-state index in [1.807, 2.05) is 13.8 Å². The van der Waals surface area contributed by atoms with Crippen molar-refractivity contribution in [1.82, 2.24) is 4.90 Å². The largest absolute Gasteiger partial charge is 0.463 e. The van der Waals surface area contributed by atoms with E-state index < -0.39 is 0 Å². The number of piperidine rings is 1. The minimum Gasteiger partial charge on any atom is -0.463 e. The monoisotopic (exact) mass is 275 g/mol. The van der Waals surface area contributed by atoms with Crippen LogP contribution in [-0.2, 0) is 16.1 Å². The Morgan fingerprint density at radius 1 is 1.25 bits per heavy atom. The van der Waals surface area contributed by atoms with E-state index in [4.69, 9.17) is 4.74 Å². The van der Waals surface area contributed by atoms with Crippen LogP contribution in [0.1, 0.15) is 38.7 Å². The summed E-state index contributed by atoms with van der Waals surface area (Å²) in [5, 5.41) is 0. The van der Waals surface area contributed by atoms with Gasteiger partial charge < -0.3 is 4.74 Å². The molecule has 0 aromatic heterocycles. The Morgan fingerprint density at radius 2 is 1.90 bits per heavy atom. The number of esters is 1. The van der Waals surface area contributed by atoms with E-state index in [0.29, 0.717) is 12.3 Å². The molecule has 0 amide bonds. The van der Waals surface area contributed by atoms with Gasteiger partial charge in [0.1, 0.15) is 0 Å². The second-order valence-corrected chi connectivity index (χ2v) is 5.95. The number of benzene rings is 1. The van der Waals surface area contributed by atoms with E-state index in [9.17, 15) is 4.79 Å². The summed E-state index contributed by atoms with van der Waals surface area (Å²) in [6.07, 6.45) is 2.78. The molecule has 0 bridgehead atoms. The van der Waals surface area contributed by atoms with Gasteiger partial charge in [-0.15, -0.1) is 0 Å². The predicted molar refractivity (Wildman–Crippen MR) is 80.3 cm³/mol. The highest BCUT2D eigenvalue weighted by Gasteiger charge is 2.22. The molecular formula is C17H25NO2. The molecule has 0 radical (unpaired) electrons. The van der Waals surface area contributed by atoms with Crippen LogP contribution in [0.5, 0.6) is 0 Å². The zero-order valence-corrected chi connectivity index (χ0v) is 12.5. The van der Waals surface area contributed by atoms with Crippen LogP contribution in [0, 0.1) is 5.92 Å². The summed E-state index contributed by atoms with van der Waals surface area (Å²) in [5.41, 5.74) is 1.37. The average Bonchev–Trinajstić information content (AvgIpc) is 2.41. The zero-order valence-electron chi connectivity index (χ0n) is 12.5.